The van der Waals surface area contributed by atoms with E-state index in [1.165, 1.54) is 10.5 Å². The van der Waals surface area contributed by atoms with Crippen molar-refractivity contribution < 1.29 is 4.79 Å². The number of halogens is 1. The van der Waals surface area contributed by atoms with Gasteiger partial charge in [0.25, 0.3) is 0 Å². The van der Waals surface area contributed by atoms with Crippen LogP contribution in [0.4, 0.5) is 0 Å². The van der Waals surface area contributed by atoms with Gasteiger partial charge in [0, 0.05) is 21.4 Å². The molecule has 0 radical (unpaired) electrons. The Bertz CT molecular complexity index is 561. The van der Waals surface area contributed by atoms with Crippen molar-refractivity contribution in [2.45, 2.75) is 24.7 Å². The van der Waals surface area contributed by atoms with Crippen LogP contribution < -0.4 is 0 Å². The number of ketones is 1. The van der Waals surface area contributed by atoms with E-state index in [1.807, 2.05) is 36.0 Å². The van der Waals surface area contributed by atoms with E-state index in [-0.39, 0.29) is 5.78 Å². The van der Waals surface area contributed by atoms with Crippen molar-refractivity contribution in [3.05, 3.63) is 64.1 Å². The molecule has 0 aliphatic carbocycles. The Morgan fingerprint density at radius 1 is 1.05 bits per heavy atom. The maximum absolute atomic E-state index is 12.0. The van der Waals surface area contributed by atoms with E-state index in [0.29, 0.717) is 6.42 Å². The van der Waals surface area contributed by atoms with Gasteiger partial charge in [0.2, 0.25) is 0 Å². The van der Waals surface area contributed by atoms with Gasteiger partial charge < -0.3 is 0 Å². The van der Waals surface area contributed by atoms with Crippen LogP contribution in [-0.2, 0) is 0 Å². The van der Waals surface area contributed by atoms with Crippen molar-refractivity contribution in [1.82, 2.24) is 0 Å². The van der Waals surface area contributed by atoms with E-state index in [9.17, 15) is 4.79 Å². The lowest BCUT2D eigenvalue weighted by Gasteiger charge is -2.03. The third-order valence-electron chi connectivity index (χ3n) is 3.00. The zero-order valence-electron chi connectivity index (χ0n) is 11.4. The Hall–Kier alpha value is -1.06. The van der Waals surface area contributed by atoms with Crippen molar-refractivity contribution in [2.24, 2.45) is 0 Å². The molecule has 3 heteroatoms. The van der Waals surface area contributed by atoms with Crippen molar-refractivity contribution >= 4 is 33.5 Å². The number of benzene rings is 2. The molecule has 2 aromatic rings. The van der Waals surface area contributed by atoms with Gasteiger partial charge in [-0.1, -0.05) is 45.8 Å². The average Bonchev–Trinajstić information content (AvgIpc) is 2.46. The van der Waals surface area contributed by atoms with Crippen LogP contribution in [0.25, 0.3) is 0 Å². The molecule has 0 saturated heterocycles. The van der Waals surface area contributed by atoms with Crippen LogP contribution in [0.3, 0.4) is 0 Å². The normalized spacial score (nSPS) is 10.5. The number of carbonyl (C=O) groups excluding carboxylic acids is 1. The Labute approximate surface area is 132 Å². The minimum Gasteiger partial charge on any atom is -0.294 e. The molecule has 0 fully saturated rings. The molecule has 0 N–H and O–H groups in total. The molecule has 1 nitrogen and oxygen atoms in total. The molecule has 0 aliphatic heterocycles. The molecule has 0 atom stereocenters. The first-order chi connectivity index (χ1) is 9.65. The highest BCUT2D eigenvalue weighted by Crippen LogP contribution is 2.20. The standard InChI is InChI=1S/C17H17BrOS/c1-13-4-10-16(11-5-13)20-12-2-3-17(19)14-6-8-15(18)9-7-14/h4-11H,2-3,12H2,1H3. The molecule has 0 saturated carbocycles. The van der Waals surface area contributed by atoms with Crippen LogP contribution in [0, 0.1) is 6.92 Å². The number of carbonyl (C=O) groups is 1. The van der Waals surface area contributed by atoms with Crippen LogP contribution in [0.5, 0.6) is 0 Å². The molecule has 104 valence electrons. The maximum atomic E-state index is 12.0. The highest BCUT2D eigenvalue weighted by molar-refractivity contribution is 9.10. The zero-order chi connectivity index (χ0) is 14.4. The van der Waals surface area contributed by atoms with Gasteiger partial charge in [0.05, 0.1) is 0 Å². The monoisotopic (exact) mass is 348 g/mol. The zero-order valence-corrected chi connectivity index (χ0v) is 13.8. The molecule has 20 heavy (non-hydrogen) atoms. The second-order valence-electron chi connectivity index (χ2n) is 4.70. The molecule has 0 unspecified atom stereocenters. The summed E-state index contributed by atoms with van der Waals surface area (Å²) in [5.74, 6) is 1.20. The predicted octanol–water partition coefficient (Wildman–Crippen LogP) is 5.51. The van der Waals surface area contributed by atoms with Gasteiger partial charge in [0.15, 0.2) is 5.78 Å². The number of hydrogen-bond acceptors (Lipinski definition) is 2. The van der Waals surface area contributed by atoms with Crippen molar-refractivity contribution in [2.75, 3.05) is 5.75 Å². The van der Waals surface area contributed by atoms with Crippen molar-refractivity contribution in [3.63, 3.8) is 0 Å². The number of rotatable bonds is 6. The molecule has 0 aliphatic rings. The molecule has 2 rings (SSSR count). The summed E-state index contributed by atoms with van der Waals surface area (Å²) in [6, 6.07) is 16.1. The van der Waals surface area contributed by atoms with E-state index in [2.05, 4.69) is 47.1 Å². The summed E-state index contributed by atoms with van der Waals surface area (Å²) in [7, 11) is 0. The first-order valence-corrected chi connectivity index (χ1v) is 8.41. The van der Waals surface area contributed by atoms with Crippen LogP contribution in [0.15, 0.2) is 57.9 Å². The molecular weight excluding hydrogens is 332 g/mol. The van der Waals surface area contributed by atoms with Crippen molar-refractivity contribution in [3.8, 4) is 0 Å². The highest BCUT2D eigenvalue weighted by Gasteiger charge is 2.05. The predicted molar refractivity (Wildman–Crippen MR) is 89.6 cm³/mol. The smallest absolute Gasteiger partial charge is 0.162 e. The Kier molecular flexibility index (Phi) is 5.86. The third kappa shape index (κ3) is 4.80. The Morgan fingerprint density at radius 3 is 2.35 bits per heavy atom. The fourth-order valence-corrected chi connectivity index (χ4v) is 2.95. The van der Waals surface area contributed by atoms with Gasteiger partial charge in [-0.25, -0.2) is 0 Å². The number of Topliss-reactive ketones (excluding diaryl/α,β-unsaturated/α-hetero) is 1. The van der Waals surface area contributed by atoms with Gasteiger partial charge in [-0.15, -0.1) is 11.8 Å². The summed E-state index contributed by atoms with van der Waals surface area (Å²) >= 11 is 5.18. The summed E-state index contributed by atoms with van der Waals surface area (Å²) in [5.41, 5.74) is 2.08. The third-order valence-corrected chi connectivity index (χ3v) is 4.63. The van der Waals surface area contributed by atoms with Gasteiger partial charge in [-0.3, -0.25) is 4.79 Å². The minimum atomic E-state index is 0.224. The van der Waals surface area contributed by atoms with Crippen LogP contribution in [-0.4, -0.2) is 11.5 Å². The second kappa shape index (κ2) is 7.65. The first-order valence-electron chi connectivity index (χ1n) is 6.63. The lowest BCUT2D eigenvalue weighted by atomic mass is 10.1. The molecule has 0 aromatic heterocycles. The summed E-state index contributed by atoms with van der Waals surface area (Å²) in [4.78, 5) is 13.3. The minimum absolute atomic E-state index is 0.224. The summed E-state index contributed by atoms with van der Waals surface area (Å²) in [5, 5.41) is 0. The largest absolute Gasteiger partial charge is 0.294 e. The Morgan fingerprint density at radius 2 is 1.70 bits per heavy atom. The molecular formula is C17H17BrOS. The van der Waals surface area contributed by atoms with Crippen LogP contribution in [0.1, 0.15) is 28.8 Å². The second-order valence-corrected chi connectivity index (χ2v) is 6.78. The SMILES string of the molecule is Cc1ccc(SCCCC(=O)c2ccc(Br)cc2)cc1. The number of hydrogen-bond donors (Lipinski definition) is 0. The van der Waals surface area contributed by atoms with E-state index in [0.717, 1.165) is 22.2 Å². The first kappa shape index (κ1) is 15.3. The maximum Gasteiger partial charge on any atom is 0.162 e. The quantitative estimate of drug-likeness (QED) is 0.388. The highest BCUT2D eigenvalue weighted by atomic mass is 79.9. The lowest BCUT2D eigenvalue weighted by molar-refractivity contribution is 0.0982. The van der Waals surface area contributed by atoms with Gasteiger partial charge in [0.1, 0.15) is 0 Å². The molecule has 2 aromatic carbocycles. The van der Waals surface area contributed by atoms with E-state index >= 15 is 0 Å². The molecule has 0 amide bonds. The topological polar surface area (TPSA) is 17.1 Å². The fraction of sp³-hybridized carbons (Fsp3) is 0.235. The van der Waals surface area contributed by atoms with E-state index in [1.54, 1.807) is 0 Å². The van der Waals surface area contributed by atoms with Crippen LogP contribution in [0.2, 0.25) is 0 Å². The van der Waals surface area contributed by atoms with E-state index < -0.39 is 0 Å². The Balaban J connectivity index is 1.74. The van der Waals surface area contributed by atoms with Gasteiger partial charge in [-0.2, -0.15) is 0 Å². The number of thioether (sulfide) groups is 1. The van der Waals surface area contributed by atoms with Crippen LogP contribution >= 0.6 is 27.7 Å². The fourth-order valence-electron chi connectivity index (χ4n) is 1.84. The van der Waals surface area contributed by atoms with Gasteiger partial charge >= 0.3 is 0 Å². The summed E-state index contributed by atoms with van der Waals surface area (Å²) in [6.45, 7) is 2.09. The molecule has 0 spiro atoms. The lowest BCUT2D eigenvalue weighted by Crippen LogP contribution is -1.99. The summed E-state index contributed by atoms with van der Waals surface area (Å²) < 4.78 is 1.00. The van der Waals surface area contributed by atoms with E-state index in [4.69, 9.17) is 0 Å². The average molecular weight is 349 g/mol. The van der Waals surface area contributed by atoms with Crippen molar-refractivity contribution in [1.29, 1.82) is 0 Å². The molecule has 0 heterocycles. The summed E-state index contributed by atoms with van der Waals surface area (Å²) in [6.07, 6.45) is 1.52. The molecule has 0 bridgehead atoms. The van der Waals surface area contributed by atoms with Gasteiger partial charge in [-0.05, 0) is 43.4 Å². The number of aryl methyl sites for hydroxylation is 1.